The Bertz CT molecular complexity index is 898. The van der Waals surface area contributed by atoms with Crippen LogP contribution < -0.4 is 10.9 Å². The second kappa shape index (κ2) is 9.35. The third-order valence-electron chi connectivity index (χ3n) is 4.67. The maximum Gasteiger partial charge on any atom is 0.349 e. The van der Waals surface area contributed by atoms with Gasteiger partial charge in [-0.25, -0.2) is 4.79 Å². The van der Waals surface area contributed by atoms with Gasteiger partial charge < -0.3 is 14.6 Å². The third kappa shape index (κ3) is 5.31. The van der Waals surface area contributed by atoms with Crippen LogP contribution in [0.5, 0.6) is 0 Å². The first kappa shape index (κ1) is 21.4. The van der Waals surface area contributed by atoms with Gasteiger partial charge >= 0.3 is 5.63 Å². The molecule has 0 bridgehead atoms. The lowest BCUT2D eigenvalue weighted by atomic mass is 10.0. The van der Waals surface area contributed by atoms with E-state index in [1.165, 1.54) is 4.90 Å². The zero-order chi connectivity index (χ0) is 20.8. The fourth-order valence-corrected chi connectivity index (χ4v) is 2.96. The molecular formula is C22H28N2O4. The van der Waals surface area contributed by atoms with Gasteiger partial charge in [-0.3, -0.25) is 9.59 Å². The Balaban J connectivity index is 2.14. The molecule has 0 fully saturated rings. The number of benzene rings is 1. The molecule has 1 aromatic carbocycles. The molecule has 1 heterocycles. The van der Waals surface area contributed by atoms with Gasteiger partial charge in [0.25, 0.3) is 5.91 Å². The van der Waals surface area contributed by atoms with E-state index in [1.54, 1.807) is 51.4 Å². The SMILES string of the molecule is CCCC(C)c1cc(C)c(C(=O)Nc2ccc(CC(=O)N(C)C)cc2)c(=O)o1. The second-order valence-corrected chi connectivity index (χ2v) is 7.30. The molecule has 1 unspecified atom stereocenters. The zero-order valence-corrected chi connectivity index (χ0v) is 17.2. The number of hydrogen-bond acceptors (Lipinski definition) is 4. The predicted molar refractivity (Wildman–Crippen MR) is 110 cm³/mol. The van der Waals surface area contributed by atoms with E-state index in [-0.39, 0.29) is 17.4 Å². The zero-order valence-electron chi connectivity index (χ0n) is 17.2. The van der Waals surface area contributed by atoms with Gasteiger partial charge in [-0.1, -0.05) is 32.4 Å². The van der Waals surface area contributed by atoms with Gasteiger partial charge in [0, 0.05) is 25.7 Å². The van der Waals surface area contributed by atoms with Crippen molar-refractivity contribution in [1.29, 1.82) is 0 Å². The van der Waals surface area contributed by atoms with E-state index in [9.17, 15) is 14.4 Å². The van der Waals surface area contributed by atoms with E-state index in [1.807, 2.05) is 6.92 Å². The highest BCUT2D eigenvalue weighted by Crippen LogP contribution is 2.21. The summed E-state index contributed by atoms with van der Waals surface area (Å²) in [5, 5.41) is 2.72. The maximum absolute atomic E-state index is 12.6. The smallest absolute Gasteiger partial charge is 0.349 e. The van der Waals surface area contributed by atoms with E-state index in [4.69, 9.17) is 4.42 Å². The molecule has 0 aliphatic rings. The Hall–Kier alpha value is -2.89. The Morgan fingerprint density at radius 1 is 1.18 bits per heavy atom. The van der Waals surface area contributed by atoms with Gasteiger partial charge in [-0.2, -0.15) is 0 Å². The fraction of sp³-hybridized carbons (Fsp3) is 0.409. The maximum atomic E-state index is 12.6. The van der Waals surface area contributed by atoms with Crippen LogP contribution in [0.1, 0.15) is 59.9 Å². The summed E-state index contributed by atoms with van der Waals surface area (Å²) in [5.74, 6) is 0.238. The molecule has 6 heteroatoms. The average Bonchev–Trinajstić information content (AvgIpc) is 2.62. The minimum atomic E-state index is -0.622. The number of anilines is 1. The quantitative estimate of drug-likeness (QED) is 0.789. The first-order chi connectivity index (χ1) is 13.2. The largest absolute Gasteiger partial charge is 0.427 e. The van der Waals surface area contributed by atoms with Crippen molar-refractivity contribution in [3.05, 3.63) is 63.2 Å². The molecule has 2 amide bonds. The first-order valence-electron chi connectivity index (χ1n) is 9.48. The number of hydrogen-bond donors (Lipinski definition) is 1. The van der Waals surface area contributed by atoms with E-state index < -0.39 is 11.5 Å². The van der Waals surface area contributed by atoms with Crippen molar-refractivity contribution in [2.45, 2.75) is 46.0 Å². The molecule has 1 aromatic heterocycles. The number of likely N-dealkylation sites (N-methyl/N-ethyl adjacent to an activating group) is 1. The fourth-order valence-electron chi connectivity index (χ4n) is 2.96. The van der Waals surface area contributed by atoms with E-state index in [2.05, 4.69) is 12.2 Å². The Morgan fingerprint density at radius 3 is 2.36 bits per heavy atom. The van der Waals surface area contributed by atoms with Crippen molar-refractivity contribution in [2.75, 3.05) is 19.4 Å². The van der Waals surface area contributed by atoms with Crippen molar-refractivity contribution in [1.82, 2.24) is 4.90 Å². The van der Waals surface area contributed by atoms with Crippen LogP contribution in [0.4, 0.5) is 5.69 Å². The summed E-state index contributed by atoms with van der Waals surface area (Å²) in [6, 6.07) is 8.76. The summed E-state index contributed by atoms with van der Waals surface area (Å²) in [6.45, 7) is 5.82. The number of aryl methyl sites for hydroxylation is 1. The van der Waals surface area contributed by atoms with Gasteiger partial charge in [0.15, 0.2) is 0 Å². The van der Waals surface area contributed by atoms with Crippen LogP contribution in [0.15, 0.2) is 39.5 Å². The van der Waals surface area contributed by atoms with Crippen LogP contribution >= 0.6 is 0 Å². The summed E-state index contributed by atoms with van der Waals surface area (Å²) in [7, 11) is 3.41. The number of amides is 2. The summed E-state index contributed by atoms with van der Waals surface area (Å²) in [6.07, 6.45) is 2.19. The normalized spacial score (nSPS) is 11.8. The summed E-state index contributed by atoms with van der Waals surface area (Å²) >= 11 is 0. The molecule has 0 aliphatic heterocycles. The number of carbonyl (C=O) groups is 2. The highest BCUT2D eigenvalue weighted by molar-refractivity contribution is 6.04. The van der Waals surface area contributed by atoms with Crippen molar-refractivity contribution >= 4 is 17.5 Å². The highest BCUT2D eigenvalue weighted by Gasteiger charge is 2.19. The minimum Gasteiger partial charge on any atom is -0.427 e. The average molecular weight is 384 g/mol. The molecule has 0 saturated heterocycles. The summed E-state index contributed by atoms with van der Waals surface area (Å²) in [5.41, 5.74) is 1.39. The molecule has 1 N–H and O–H groups in total. The predicted octanol–water partition coefficient (Wildman–Crippen LogP) is 3.73. The van der Waals surface area contributed by atoms with Gasteiger partial charge in [-0.15, -0.1) is 0 Å². The monoisotopic (exact) mass is 384 g/mol. The molecule has 28 heavy (non-hydrogen) atoms. The molecule has 0 spiro atoms. The van der Waals surface area contributed by atoms with Gasteiger partial charge in [0.2, 0.25) is 5.91 Å². The molecule has 0 aliphatic carbocycles. The van der Waals surface area contributed by atoms with Gasteiger partial charge in [-0.05, 0) is 42.7 Å². The van der Waals surface area contributed by atoms with Crippen LogP contribution in [0.25, 0.3) is 0 Å². The molecule has 2 rings (SSSR count). The summed E-state index contributed by atoms with van der Waals surface area (Å²) in [4.78, 5) is 38.2. The minimum absolute atomic E-state index is 0.00223. The topological polar surface area (TPSA) is 79.6 Å². The van der Waals surface area contributed by atoms with Crippen molar-refractivity contribution in [2.24, 2.45) is 0 Å². The second-order valence-electron chi connectivity index (χ2n) is 7.30. The number of rotatable bonds is 7. The molecule has 1 atom stereocenters. The van der Waals surface area contributed by atoms with E-state index in [0.29, 0.717) is 23.4 Å². The van der Waals surface area contributed by atoms with Crippen molar-refractivity contribution in [3.8, 4) is 0 Å². The molecular weight excluding hydrogens is 356 g/mol. The number of nitrogens with one attached hydrogen (secondary N) is 1. The molecule has 0 saturated carbocycles. The van der Waals surface area contributed by atoms with E-state index >= 15 is 0 Å². The van der Waals surface area contributed by atoms with Crippen LogP contribution in [-0.4, -0.2) is 30.8 Å². The van der Waals surface area contributed by atoms with Crippen LogP contribution in [0.3, 0.4) is 0 Å². The van der Waals surface area contributed by atoms with Crippen LogP contribution in [-0.2, 0) is 11.2 Å². The summed E-state index contributed by atoms with van der Waals surface area (Å²) < 4.78 is 5.39. The lowest BCUT2D eigenvalue weighted by molar-refractivity contribution is -0.127. The van der Waals surface area contributed by atoms with Crippen LogP contribution in [0.2, 0.25) is 0 Å². The molecule has 0 radical (unpaired) electrons. The number of nitrogens with zero attached hydrogens (tertiary/aromatic N) is 1. The third-order valence-corrected chi connectivity index (χ3v) is 4.67. The number of carbonyl (C=O) groups excluding carboxylic acids is 2. The van der Waals surface area contributed by atoms with E-state index in [0.717, 1.165) is 18.4 Å². The van der Waals surface area contributed by atoms with Gasteiger partial charge in [0.1, 0.15) is 11.3 Å². The Labute approximate surface area is 165 Å². The first-order valence-corrected chi connectivity index (χ1v) is 9.48. The lowest BCUT2D eigenvalue weighted by Crippen LogP contribution is -2.24. The Morgan fingerprint density at radius 2 is 1.82 bits per heavy atom. The van der Waals surface area contributed by atoms with Gasteiger partial charge in [0.05, 0.1) is 6.42 Å². The molecule has 2 aromatic rings. The van der Waals surface area contributed by atoms with Crippen molar-refractivity contribution in [3.63, 3.8) is 0 Å². The van der Waals surface area contributed by atoms with Crippen LogP contribution in [0, 0.1) is 6.92 Å². The Kier molecular flexibility index (Phi) is 7.15. The van der Waals surface area contributed by atoms with Crippen molar-refractivity contribution < 1.29 is 14.0 Å². The highest BCUT2D eigenvalue weighted by atomic mass is 16.4. The standard InChI is InChI=1S/C22H28N2O4/c1-6-7-14(2)18-12-15(3)20(22(27)28-18)21(26)23-17-10-8-16(9-11-17)13-19(25)24(4)5/h8-12,14H,6-7,13H2,1-5H3,(H,23,26). The lowest BCUT2D eigenvalue weighted by Gasteiger charge is -2.12. The molecule has 150 valence electrons. The molecule has 6 nitrogen and oxygen atoms in total.